The van der Waals surface area contributed by atoms with Crippen LogP contribution in [0.15, 0.2) is 29.8 Å². The second-order valence-electron chi connectivity index (χ2n) is 11.1. The number of aliphatic carboxylic acids is 1. The number of benzene rings is 1. The van der Waals surface area contributed by atoms with Gasteiger partial charge < -0.3 is 25.7 Å². The van der Waals surface area contributed by atoms with Crippen molar-refractivity contribution in [3.05, 3.63) is 41.0 Å². The summed E-state index contributed by atoms with van der Waals surface area (Å²) in [6.45, 7) is 9.20. The molecule has 0 bridgehead atoms. The number of amides is 3. The number of rotatable bonds is 10. The van der Waals surface area contributed by atoms with Gasteiger partial charge in [0, 0.05) is 25.8 Å². The average Bonchev–Trinajstić information content (AvgIpc) is 3.46. The highest BCUT2D eigenvalue weighted by atomic mass is 32.1. The molecule has 11 heteroatoms. The smallest absolute Gasteiger partial charge is 0.303 e. The standard InChI is InChI=1S/C28H38N4O6S/c1-16(18-9-11-19(12-10-18)24-17(2)29-15-39-24)30-26(37)21-13-20(33)14-32(21)27(38)25(28(3,4)5)31-22(34)7-6-8-23(35)36/h9-12,15-16,20-21,25,33H,6-8,13-14H2,1-5H3,(H,30,37)(H,31,34)(H,35,36)/t16?,20-,21+,25?/m1/s1. The van der Waals surface area contributed by atoms with Gasteiger partial charge in [-0.3, -0.25) is 19.2 Å². The van der Waals surface area contributed by atoms with E-state index < -0.39 is 41.4 Å². The number of carboxylic acids is 1. The van der Waals surface area contributed by atoms with E-state index in [4.69, 9.17) is 5.11 Å². The number of likely N-dealkylation sites (tertiary alicyclic amines) is 1. The first-order chi connectivity index (χ1) is 18.3. The number of β-amino-alcohol motifs (C(OH)–C–C–N with tert-alkyl or cyclic N) is 1. The molecule has 2 unspecified atom stereocenters. The molecule has 1 aromatic heterocycles. The van der Waals surface area contributed by atoms with E-state index in [9.17, 15) is 24.3 Å². The van der Waals surface area contributed by atoms with Gasteiger partial charge in [-0.25, -0.2) is 4.98 Å². The zero-order valence-electron chi connectivity index (χ0n) is 23.1. The number of nitrogens with one attached hydrogen (secondary N) is 2. The van der Waals surface area contributed by atoms with E-state index in [-0.39, 0.29) is 44.2 Å². The van der Waals surface area contributed by atoms with Gasteiger partial charge in [0.05, 0.1) is 28.2 Å². The topological polar surface area (TPSA) is 149 Å². The Morgan fingerprint density at radius 1 is 1.13 bits per heavy atom. The predicted octanol–water partition coefficient (Wildman–Crippen LogP) is 3.04. The normalized spacial score (nSPS) is 18.9. The zero-order chi connectivity index (χ0) is 28.9. The molecule has 3 amide bonds. The van der Waals surface area contributed by atoms with Gasteiger partial charge in [0.15, 0.2) is 0 Å². The molecule has 0 aliphatic carbocycles. The summed E-state index contributed by atoms with van der Waals surface area (Å²) in [5.41, 5.74) is 4.03. The van der Waals surface area contributed by atoms with Crippen molar-refractivity contribution >= 4 is 35.0 Å². The molecule has 3 rings (SSSR count). The Labute approximate surface area is 232 Å². The number of nitrogens with zero attached hydrogens (tertiary/aromatic N) is 2. The van der Waals surface area contributed by atoms with E-state index >= 15 is 0 Å². The van der Waals surface area contributed by atoms with Crippen molar-refractivity contribution in [2.75, 3.05) is 6.54 Å². The van der Waals surface area contributed by atoms with Crippen molar-refractivity contribution in [3.8, 4) is 10.4 Å². The summed E-state index contributed by atoms with van der Waals surface area (Å²) in [4.78, 5) is 56.9. The molecule has 2 heterocycles. The first-order valence-corrected chi connectivity index (χ1v) is 14.0. The van der Waals surface area contributed by atoms with Crippen LogP contribution in [0.1, 0.15) is 70.7 Å². The Balaban J connectivity index is 1.69. The van der Waals surface area contributed by atoms with E-state index in [1.54, 1.807) is 37.6 Å². The van der Waals surface area contributed by atoms with Crippen molar-refractivity contribution in [2.24, 2.45) is 5.41 Å². The Bertz CT molecular complexity index is 1190. The van der Waals surface area contributed by atoms with Crippen LogP contribution in [0, 0.1) is 12.3 Å². The SMILES string of the molecule is Cc1ncsc1-c1ccc(C(C)NC(=O)[C@@H]2C[C@@H](O)CN2C(=O)C(NC(=O)CCCC(=O)O)C(C)(C)C)cc1. The number of hydrogen-bond acceptors (Lipinski definition) is 7. The van der Waals surface area contributed by atoms with Gasteiger partial charge in [0.25, 0.3) is 0 Å². The fraction of sp³-hybridized carbons (Fsp3) is 0.536. The maximum absolute atomic E-state index is 13.6. The summed E-state index contributed by atoms with van der Waals surface area (Å²) in [6, 6.07) is 5.69. The number of thiazole rings is 1. The molecule has 0 saturated carbocycles. The summed E-state index contributed by atoms with van der Waals surface area (Å²) < 4.78 is 0. The van der Waals surface area contributed by atoms with Crippen molar-refractivity contribution in [2.45, 2.75) is 84.5 Å². The lowest BCUT2D eigenvalue weighted by atomic mass is 9.85. The predicted molar refractivity (Wildman–Crippen MR) is 148 cm³/mol. The molecule has 1 saturated heterocycles. The molecule has 1 aromatic carbocycles. The number of aliphatic hydroxyl groups excluding tert-OH is 1. The summed E-state index contributed by atoms with van der Waals surface area (Å²) in [5.74, 6) is -2.26. The largest absolute Gasteiger partial charge is 0.481 e. The van der Waals surface area contributed by atoms with Crippen LogP contribution in [0.4, 0.5) is 0 Å². The molecular weight excluding hydrogens is 520 g/mol. The fourth-order valence-electron chi connectivity index (χ4n) is 4.65. The van der Waals surface area contributed by atoms with Gasteiger partial charge in [-0.2, -0.15) is 0 Å². The number of aryl methyl sites for hydroxylation is 1. The number of carboxylic acid groups (broad SMARTS) is 1. The molecule has 1 aliphatic heterocycles. The third-order valence-corrected chi connectivity index (χ3v) is 7.83. The van der Waals surface area contributed by atoms with Gasteiger partial charge in [-0.05, 0) is 36.8 Å². The first-order valence-electron chi connectivity index (χ1n) is 13.1. The van der Waals surface area contributed by atoms with Gasteiger partial charge >= 0.3 is 5.97 Å². The molecule has 0 radical (unpaired) electrons. The minimum absolute atomic E-state index is 0.0182. The second kappa shape index (κ2) is 12.7. The Hall–Kier alpha value is -3.31. The monoisotopic (exact) mass is 558 g/mol. The van der Waals surface area contributed by atoms with Crippen LogP contribution in [0.2, 0.25) is 0 Å². The molecular formula is C28H38N4O6S. The van der Waals surface area contributed by atoms with Crippen molar-refractivity contribution < 1.29 is 29.4 Å². The lowest BCUT2D eigenvalue weighted by Crippen LogP contribution is -2.57. The maximum Gasteiger partial charge on any atom is 0.303 e. The average molecular weight is 559 g/mol. The highest BCUT2D eigenvalue weighted by Gasteiger charge is 2.44. The molecule has 39 heavy (non-hydrogen) atoms. The van der Waals surface area contributed by atoms with Crippen molar-refractivity contribution in [1.29, 1.82) is 0 Å². The molecule has 4 atom stereocenters. The van der Waals surface area contributed by atoms with Gasteiger partial charge in [-0.1, -0.05) is 45.0 Å². The van der Waals surface area contributed by atoms with Gasteiger partial charge in [0.1, 0.15) is 12.1 Å². The van der Waals surface area contributed by atoms with Crippen LogP contribution < -0.4 is 10.6 Å². The van der Waals surface area contributed by atoms with Crippen LogP contribution in [0.5, 0.6) is 0 Å². The van der Waals surface area contributed by atoms with Gasteiger partial charge in [0.2, 0.25) is 17.7 Å². The Kier molecular flexibility index (Phi) is 9.84. The molecule has 1 aliphatic rings. The summed E-state index contributed by atoms with van der Waals surface area (Å²) in [5, 5.41) is 24.9. The zero-order valence-corrected chi connectivity index (χ0v) is 23.9. The summed E-state index contributed by atoms with van der Waals surface area (Å²) in [7, 11) is 0. The van der Waals surface area contributed by atoms with Crippen LogP contribution >= 0.6 is 11.3 Å². The highest BCUT2D eigenvalue weighted by Crippen LogP contribution is 2.29. The third-order valence-electron chi connectivity index (χ3n) is 6.85. The third kappa shape index (κ3) is 7.86. The molecule has 2 aromatic rings. The summed E-state index contributed by atoms with van der Waals surface area (Å²) >= 11 is 1.57. The molecule has 0 spiro atoms. The van der Waals surface area contributed by atoms with Crippen molar-refractivity contribution in [3.63, 3.8) is 0 Å². The van der Waals surface area contributed by atoms with E-state index in [2.05, 4.69) is 15.6 Å². The van der Waals surface area contributed by atoms with E-state index in [1.165, 1.54) is 4.90 Å². The maximum atomic E-state index is 13.6. The second-order valence-corrected chi connectivity index (χ2v) is 12.0. The quantitative estimate of drug-likeness (QED) is 0.350. The molecule has 10 nitrogen and oxygen atoms in total. The number of carbonyl (C=O) groups is 4. The van der Waals surface area contributed by atoms with Crippen molar-refractivity contribution in [1.82, 2.24) is 20.5 Å². The number of hydrogen-bond donors (Lipinski definition) is 4. The Morgan fingerprint density at radius 2 is 1.79 bits per heavy atom. The lowest BCUT2D eigenvalue weighted by molar-refractivity contribution is -0.144. The van der Waals surface area contributed by atoms with Crippen LogP contribution in [0.25, 0.3) is 10.4 Å². The molecule has 1 fully saturated rings. The number of carbonyl (C=O) groups excluding carboxylic acids is 3. The lowest BCUT2D eigenvalue weighted by Gasteiger charge is -2.35. The first kappa shape index (κ1) is 30.2. The minimum Gasteiger partial charge on any atom is -0.481 e. The molecule has 212 valence electrons. The van der Waals surface area contributed by atoms with Crippen LogP contribution in [-0.4, -0.2) is 68.5 Å². The van der Waals surface area contributed by atoms with Gasteiger partial charge in [-0.15, -0.1) is 11.3 Å². The molecule has 4 N–H and O–H groups in total. The highest BCUT2D eigenvalue weighted by molar-refractivity contribution is 7.13. The van der Waals surface area contributed by atoms with E-state index in [0.29, 0.717) is 0 Å². The fourth-order valence-corrected chi connectivity index (χ4v) is 5.46. The minimum atomic E-state index is -0.994. The number of aliphatic hydroxyl groups is 1. The summed E-state index contributed by atoms with van der Waals surface area (Å²) in [6.07, 6.45) is -0.792. The van der Waals surface area contributed by atoms with Crippen LogP contribution in [-0.2, 0) is 19.2 Å². The van der Waals surface area contributed by atoms with E-state index in [0.717, 1.165) is 21.7 Å². The Morgan fingerprint density at radius 3 is 2.36 bits per heavy atom. The van der Waals surface area contributed by atoms with E-state index in [1.807, 2.05) is 38.1 Å². The van der Waals surface area contributed by atoms with Crippen LogP contribution in [0.3, 0.4) is 0 Å². The number of aromatic nitrogens is 1.